The van der Waals surface area contributed by atoms with Crippen LogP contribution in [0.3, 0.4) is 0 Å². The molecule has 0 amide bonds. The number of aliphatic hydroxyl groups is 5. The topological polar surface area (TPSA) is 167 Å². The first-order chi connectivity index (χ1) is 18.9. The van der Waals surface area contributed by atoms with E-state index in [-0.39, 0.29) is 24.2 Å². The van der Waals surface area contributed by atoms with Crippen LogP contribution in [0.15, 0.2) is 27.6 Å². The van der Waals surface area contributed by atoms with Gasteiger partial charge in [0.15, 0.2) is 6.29 Å². The molecule has 10 heteroatoms. The Labute approximate surface area is 233 Å². The molecule has 1 saturated heterocycles. The van der Waals surface area contributed by atoms with E-state index >= 15 is 0 Å². The summed E-state index contributed by atoms with van der Waals surface area (Å²) >= 11 is 0. The van der Waals surface area contributed by atoms with Gasteiger partial charge in [-0.25, -0.2) is 4.79 Å². The number of carbonyl (C=O) groups is 1. The Hall–Kier alpha value is -1.66. The van der Waals surface area contributed by atoms with E-state index in [2.05, 4.69) is 6.92 Å². The third-order valence-electron chi connectivity index (χ3n) is 12.0. The molecular formula is C30H42O10. The normalized spacial score (nSPS) is 52.3. The number of carbonyl (C=O) groups excluding carboxylic acids is 1. The number of aldehydes is 1. The van der Waals surface area contributed by atoms with Crippen LogP contribution < -0.4 is 5.63 Å². The molecule has 13 atom stereocenters. The lowest BCUT2D eigenvalue weighted by atomic mass is 9.41. The fourth-order valence-corrected chi connectivity index (χ4v) is 9.67. The zero-order valence-electron chi connectivity index (χ0n) is 23.1. The minimum absolute atomic E-state index is 0.0260. The van der Waals surface area contributed by atoms with Gasteiger partial charge in [-0.1, -0.05) is 6.92 Å². The van der Waals surface area contributed by atoms with E-state index in [4.69, 9.17) is 13.9 Å². The van der Waals surface area contributed by atoms with E-state index in [0.29, 0.717) is 44.9 Å². The van der Waals surface area contributed by atoms with Gasteiger partial charge in [0.2, 0.25) is 0 Å². The molecule has 1 aromatic rings. The van der Waals surface area contributed by atoms with E-state index < -0.39 is 64.5 Å². The van der Waals surface area contributed by atoms with Crippen molar-refractivity contribution in [1.82, 2.24) is 0 Å². The summed E-state index contributed by atoms with van der Waals surface area (Å²) in [6.45, 7) is 3.71. The van der Waals surface area contributed by atoms with E-state index in [9.17, 15) is 35.1 Å². The maximum absolute atomic E-state index is 13.0. The first kappa shape index (κ1) is 28.5. The third-order valence-corrected chi connectivity index (χ3v) is 12.0. The van der Waals surface area contributed by atoms with Gasteiger partial charge in [0, 0.05) is 17.9 Å². The minimum Gasteiger partial charge on any atom is -0.431 e. The molecule has 10 nitrogen and oxygen atoms in total. The third kappa shape index (κ3) is 3.87. The van der Waals surface area contributed by atoms with Crippen molar-refractivity contribution in [3.63, 3.8) is 0 Å². The largest absolute Gasteiger partial charge is 0.431 e. The molecule has 5 aliphatic rings. The Balaban J connectivity index is 1.23. The minimum atomic E-state index is -1.44. The van der Waals surface area contributed by atoms with Crippen molar-refractivity contribution in [1.29, 1.82) is 0 Å². The standard InChI is InChI=1S/C30H42O10/c1-16-23(33)24(34)25(35)26(39-16)40-18-5-10-28(15-31)20-6-9-27(2)19(17-3-4-22(32)38-14-17)8-12-30(27,37)21(20)7-11-29(28,36)13-18/h3-4,14-16,18-21,23-26,33-37H,5-13H2,1-2H3/t16?,18-,19+,20?,21?,23+,24?,25?,26+,27+,28-,29-,30-/m0/s1. The second-order valence-electron chi connectivity index (χ2n) is 13.5. The van der Waals surface area contributed by atoms with Crippen molar-refractivity contribution in [2.75, 3.05) is 0 Å². The van der Waals surface area contributed by atoms with Crippen LogP contribution in [0.25, 0.3) is 0 Å². The Kier molecular flexibility index (Phi) is 6.89. The summed E-state index contributed by atoms with van der Waals surface area (Å²) in [6, 6.07) is 3.21. The monoisotopic (exact) mass is 562 g/mol. The van der Waals surface area contributed by atoms with Crippen molar-refractivity contribution in [3.05, 3.63) is 34.4 Å². The molecule has 222 valence electrons. The van der Waals surface area contributed by atoms with E-state index in [1.54, 1.807) is 13.0 Å². The van der Waals surface area contributed by atoms with E-state index in [0.717, 1.165) is 18.3 Å². The molecular weight excluding hydrogens is 520 g/mol. The highest BCUT2D eigenvalue weighted by Gasteiger charge is 2.71. The lowest BCUT2D eigenvalue weighted by Crippen LogP contribution is -2.69. The summed E-state index contributed by atoms with van der Waals surface area (Å²) in [6.07, 6.45) is 0.559. The van der Waals surface area contributed by atoms with Crippen LogP contribution >= 0.6 is 0 Å². The molecule has 4 saturated carbocycles. The highest BCUT2D eigenvalue weighted by Crippen LogP contribution is 2.71. The van der Waals surface area contributed by atoms with Gasteiger partial charge in [-0.2, -0.15) is 0 Å². The number of hydrogen-bond acceptors (Lipinski definition) is 10. The average molecular weight is 563 g/mol. The van der Waals surface area contributed by atoms with Crippen molar-refractivity contribution < 1.29 is 44.2 Å². The molecule has 5 N–H and O–H groups in total. The molecule has 0 spiro atoms. The Morgan fingerprint density at radius 1 is 0.950 bits per heavy atom. The Morgan fingerprint density at radius 3 is 2.40 bits per heavy atom. The molecule has 0 radical (unpaired) electrons. The Bertz CT molecular complexity index is 1170. The van der Waals surface area contributed by atoms with Gasteiger partial charge in [-0.3, -0.25) is 0 Å². The van der Waals surface area contributed by atoms with Crippen molar-refractivity contribution in [2.45, 2.75) is 126 Å². The van der Waals surface area contributed by atoms with Gasteiger partial charge in [0.25, 0.3) is 0 Å². The number of rotatable bonds is 4. The van der Waals surface area contributed by atoms with Crippen LogP contribution in [0.2, 0.25) is 0 Å². The van der Waals surface area contributed by atoms with Gasteiger partial charge >= 0.3 is 5.63 Å². The van der Waals surface area contributed by atoms with Crippen molar-refractivity contribution >= 4 is 6.29 Å². The van der Waals surface area contributed by atoms with Gasteiger partial charge in [0.1, 0.15) is 24.6 Å². The fraction of sp³-hybridized carbons (Fsp3) is 0.800. The molecule has 5 unspecified atom stereocenters. The molecule has 40 heavy (non-hydrogen) atoms. The molecule has 0 aromatic carbocycles. The summed E-state index contributed by atoms with van der Waals surface area (Å²) in [5.74, 6) is -0.322. The molecule has 0 bridgehead atoms. The van der Waals surface area contributed by atoms with Crippen molar-refractivity contribution in [2.24, 2.45) is 22.7 Å². The predicted molar refractivity (Wildman–Crippen MR) is 140 cm³/mol. The first-order valence-electron chi connectivity index (χ1n) is 14.7. The zero-order valence-corrected chi connectivity index (χ0v) is 23.1. The highest BCUT2D eigenvalue weighted by molar-refractivity contribution is 5.64. The predicted octanol–water partition coefficient (Wildman–Crippen LogP) is 1.39. The maximum atomic E-state index is 13.0. The molecule has 2 heterocycles. The van der Waals surface area contributed by atoms with Crippen LogP contribution in [-0.4, -0.2) is 79.8 Å². The smallest absolute Gasteiger partial charge is 0.335 e. The van der Waals surface area contributed by atoms with Gasteiger partial charge in [0.05, 0.1) is 35.1 Å². The summed E-state index contributed by atoms with van der Waals surface area (Å²) in [5, 5.41) is 55.1. The average Bonchev–Trinajstić information content (AvgIpc) is 3.21. The first-order valence-corrected chi connectivity index (χ1v) is 14.7. The molecule has 5 fully saturated rings. The second-order valence-corrected chi connectivity index (χ2v) is 13.5. The number of fused-ring (bicyclic) bond motifs is 5. The number of hydrogen-bond donors (Lipinski definition) is 5. The number of aliphatic hydroxyl groups excluding tert-OH is 3. The van der Waals surface area contributed by atoms with E-state index in [1.165, 1.54) is 12.3 Å². The lowest BCUT2D eigenvalue weighted by molar-refractivity contribution is -0.317. The Morgan fingerprint density at radius 2 is 1.70 bits per heavy atom. The summed E-state index contributed by atoms with van der Waals surface area (Å²) in [4.78, 5) is 24.5. The van der Waals surface area contributed by atoms with Gasteiger partial charge in [-0.05, 0) is 87.7 Å². The van der Waals surface area contributed by atoms with Crippen LogP contribution in [0.5, 0.6) is 0 Å². The number of ether oxygens (including phenoxy) is 2. The quantitative estimate of drug-likeness (QED) is 0.267. The van der Waals surface area contributed by atoms with E-state index in [1.807, 2.05) is 0 Å². The van der Waals surface area contributed by atoms with Gasteiger partial charge < -0.3 is 44.2 Å². The fourth-order valence-electron chi connectivity index (χ4n) is 9.67. The SMILES string of the molecule is CC1O[C@H](O[C@H]2CC[C@]3(C=O)C4CC[C@]5(C)[C@@H](c6ccc(=O)oc6)CC[C@]5(O)C4CC[C@]3(O)C2)C(O)C(O)[C@@H]1O. The summed E-state index contributed by atoms with van der Waals surface area (Å²) in [7, 11) is 0. The highest BCUT2D eigenvalue weighted by atomic mass is 16.7. The van der Waals surface area contributed by atoms with Crippen LogP contribution in [0.4, 0.5) is 0 Å². The molecule has 1 aromatic heterocycles. The van der Waals surface area contributed by atoms with Crippen LogP contribution in [-0.2, 0) is 14.3 Å². The lowest BCUT2D eigenvalue weighted by Gasteiger charge is -2.65. The van der Waals surface area contributed by atoms with Crippen LogP contribution in [0, 0.1) is 22.7 Å². The van der Waals surface area contributed by atoms with Crippen LogP contribution in [0.1, 0.15) is 83.1 Å². The maximum Gasteiger partial charge on any atom is 0.335 e. The summed E-state index contributed by atoms with van der Waals surface area (Å²) in [5.41, 5.74) is -3.34. The molecule has 1 aliphatic heterocycles. The zero-order chi connectivity index (χ0) is 28.7. The van der Waals surface area contributed by atoms with Crippen molar-refractivity contribution in [3.8, 4) is 0 Å². The van der Waals surface area contributed by atoms with Gasteiger partial charge in [-0.15, -0.1) is 0 Å². The molecule has 4 aliphatic carbocycles. The summed E-state index contributed by atoms with van der Waals surface area (Å²) < 4.78 is 16.8. The second kappa shape index (κ2) is 9.69. The molecule has 6 rings (SSSR count).